The van der Waals surface area contributed by atoms with Gasteiger partial charge in [-0.15, -0.1) is 0 Å². The zero-order valence-electron chi connectivity index (χ0n) is 13.5. The van der Waals surface area contributed by atoms with Gasteiger partial charge in [0.05, 0.1) is 11.6 Å². The summed E-state index contributed by atoms with van der Waals surface area (Å²) in [5, 5.41) is 11.7. The summed E-state index contributed by atoms with van der Waals surface area (Å²) in [6, 6.07) is 25.7. The molecule has 25 heavy (non-hydrogen) atoms. The number of carbonyl (C=O) groups is 1. The van der Waals surface area contributed by atoms with Crippen LogP contribution in [0.5, 0.6) is 5.75 Å². The van der Waals surface area contributed by atoms with Gasteiger partial charge in [-0.2, -0.15) is 5.26 Å². The predicted molar refractivity (Wildman–Crippen MR) is 96.3 cm³/mol. The lowest BCUT2D eigenvalue weighted by Crippen LogP contribution is -2.12. The third-order valence-corrected chi connectivity index (χ3v) is 3.61. The van der Waals surface area contributed by atoms with Crippen LogP contribution < -0.4 is 10.1 Å². The lowest BCUT2D eigenvalue weighted by Gasteiger charge is -2.08. The Hall–Kier alpha value is -3.58. The summed E-state index contributed by atoms with van der Waals surface area (Å²) in [4.78, 5) is 12.3. The van der Waals surface area contributed by atoms with Gasteiger partial charge < -0.3 is 10.1 Å². The van der Waals surface area contributed by atoms with E-state index in [9.17, 15) is 4.79 Å². The number of ether oxygens (including phenoxy) is 1. The second kappa shape index (κ2) is 7.80. The van der Waals surface area contributed by atoms with Crippen molar-refractivity contribution in [1.82, 2.24) is 0 Å². The minimum absolute atomic E-state index is 0.217. The van der Waals surface area contributed by atoms with Gasteiger partial charge in [0.25, 0.3) is 5.91 Å². The molecule has 1 N–H and O–H groups in total. The van der Waals surface area contributed by atoms with Gasteiger partial charge in [-0.1, -0.05) is 36.4 Å². The van der Waals surface area contributed by atoms with Crippen LogP contribution in [-0.2, 0) is 6.61 Å². The smallest absolute Gasteiger partial charge is 0.255 e. The lowest BCUT2D eigenvalue weighted by atomic mass is 10.1. The number of nitrogens with one attached hydrogen (secondary N) is 1. The molecule has 122 valence electrons. The van der Waals surface area contributed by atoms with Crippen LogP contribution in [0.3, 0.4) is 0 Å². The summed E-state index contributed by atoms with van der Waals surface area (Å²) in [5.74, 6) is 0.590. The van der Waals surface area contributed by atoms with Crippen LogP contribution in [0.25, 0.3) is 0 Å². The van der Waals surface area contributed by atoms with Crippen molar-refractivity contribution in [2.75, 3.05) is 5.32 Å². The molecule has 0 aromatic heterocycles. The molecule has 0 heterocycles. The molecule has 1 amide bonds. The molecular weight excluding hydrogens is 312 g/mol. The lowest BCUT2D eigenvalue weighted by molar-refractivity contribution is 0.102. The summed E-state index contributed by atoms with van der Waals surface area (Å²) in [7, 11) is 0. The van der Waals surface area contributed by atoms with E-state index < -0.39 is 0 Å². The van der Waals surface area contributed by atoms with Crippen LogP contribution in [0.4, 0.5) is 5.69 Å². The second-order valence-electron chi connectivity index (χ2n) is 5.45. The van der Waals surface area contributed by atoms with Crippen LogP contribution in [0.1, 0.15) is 21.5 Å². The maximum Gasteiger partial charge on any atom is 0.255 e. The molecule has 3 aromatic rings. The van der Waals surface area contributed by atoms with Crippen LogP contribution in [-0.4, -0.2) is 5.91 Å². The van der Waals surface area contributed by atoms with E-state index in [4.69, 9.17) is 10.00 Å². The number of para-hydroxylation sites is 1. The fourth-order valence-electron chi connectivity index (χ4n) is 2.31. The highest BCUT2D eigenvalue weighted by atomic mass is 16.5. The number of nitriles is 1. The van der Waals surface area contributed by atoms with E-state index in [1.165, 1.54) is 0 Å². The van der Waals surface area contributed by atoms with Gasteiger partial charge in [-0.3, -0.25) is 4.79 Å². The minimum Gasteiger partial charge on any atom is -0.489 e. The Morgan fingerprint density at radius 3 is 2.44 bits per heavy atom. The Balaban J connectivity index is 1.61. The molecule has 0 unspecified atom stereocenters. The number of amides is 1. The summed E-state index contributed by atoms with van der Waals surface area (Å²) < 4.78 is 5.68. The topological polar surface area (TPSA) is 62.1 Å². The van der Waals surface area contributed by atoms with E-state index in [-0.39, 0.29) is 5.91 Å². The molecule has 0 saturated heterocycles. The van der Waals surface area contributed by atoms with Gasteiger partial charge in [0.2, 0.25) is 0 Å². The van der Waals surface area contributed by atoms with Crippen LogP contribution in [0.2, 0.25) is 0 Å². The van der Waals surface area contributed by atoms with Crippen molar-refractivity contribution in [2.24, 2.45) is 0 Å². The quantitative estimate of drug-likeness (QED) is 0.755. The number of benzene rings is 3. The molecule has 3 rings (SSSR count). The first kappa shape index (κ1) is 16.3. The summed E-state index contributed by atoms with van der Waals surface area (Å²) in [6.45, 7) is 0.441. The minimum atomic E-state index is -0.217. The zero-order valence-corrected chi connectivity index (χ0v) is 13.5. The van der Waals surface area contributed by atoms with E-state index in [2.05, 4.69) is 11.4 Å². The molecule has 0 aliphatic heterocycles. The highest BCUT2D eigenvalue weighted by Gasteiger charge is 2.07. The molecule has 0 aliphatic rings. The average Bonchev–Trinajstić information content (AvgIpc) is 2.67. The maximum absolute atomic E-state index is 12.3. The third kappa shape index (κ3) is 4.46. The first-order chi connectivity index (χ1) is 12.2. The van der Waals surface area contributed by atoms with E-state index in [0.717, 1.165) is 11.3 Å². The van der Waals surface area contributed by atoms with E-state index in [0.29, 0.717) is 23.4 Å². The van der Waals surface area contributed by atoms with Gasteiger partial charge in [0.15, 0.2) is 0 Å². The first-order valence-corrected chi connectivity index (χ1v) is 7.83. The molecule has 0 fully saturated rings. The van der Waals surface area contributed by atoms with Gasteiger partial charge in [0, 0.05) is 11.3 Å². The molecule has 0 aliphatic carbocycles. The number of hydrogen-bond acceptors (Lipinski definition) is 3. The zero-order chi connectivity index (χ0) is 17.5. The van der Waals surface area contributed by atoms with Crippen LogP contribution in [0.15, 0.2) is 78.9 Å². The SMILES string of the molecule is N#Cc1cccc(NC(=O)c2ccc(COc3ccccc3)cc2)c1. The standard InChI is InChI=1S/C21H16N2O2/c22-14-17-5-4-6-19(13-17)23-21(24)18-11-9-16(10-12-18)15-25-20-7-2-1-3-8-20/h1-13H,15H2,(H,23,24). The highest BCUT2D eigenvalue weighted by molar-refractivity contribution is 6.04. The van der Waals surface area contributed by atoms with Crippen LogP contribution >= 0.6 is 0 Å². The van der Waals surface area contributed by atoms with E-state index in [1.807, 2.05) is 42.5 Å². The van der Waals surface area contributed by atoms with Crippen molar-refractivity contribution in [2.45, 2.75) is 6.61 Å². The van der Waals surface area contributed by atoms with E-state index >= 15 is 0 Å². The normalized spacial score (nSPS) is 9.88. The average molecular weight is 328 g/mol. The Bertz CT molecular complexity index is 897. The molecule has 0 bridgehead atoms. The summed E-state index contributed by atoms with van der Waals surface area (Å²) in [5.41, 5.74) is 2.63. The Morgan fingerprint density at radius 2 is 1.72 bits per heavy atom. The molecule has 0 radical (unpaired) electrons. The van der Waals surface area contributed by atoms with Crippen molar-refractivity contribution in [3.63, 3.8) is 0 Å². The summed E-state index contributed by atoms with van der Waals surface area (Å²) in [6.07, 6.45) is 0. The monoisotopic (exact) mass is 328 g/mol. The van der Waals surface area contributed by atoms with Gasteiger partial charge in [-0.05, 0) is 48.0 Å². The van der Waals surface area contributed by atoms with Gasteiger partial charge >= 0.3 is 0 Å². The van der Waals surface area contributed by atoms with Crippen molar-refractivity contribution in [1.29, 1.82) is 5.26 Å². The Kier molecular flexibility index (Phi) is 5.08. The number of anilines is 1. The van der Waals surface area contributed by atoms with Crippen molar-refractivity contribution in [3.05, 3.63) is 95.6 Å². The van der Waals surface area contributed by atoms with Crippen molar-refractivity contribution >= 4 is 11.6 Å². The number of carbonyl (C=O) groups excluding carboxylic acids is 1. The largest absolute Gasteiger partial charge is 0.489 e. The first-order valence-electron chi connectivity index (χ1n) is 7.83. The third-order valence-electron chi connectivity index (χ3n) is 3.61. The second-order valence-corrected chi connectivity index (χ2v) is 5.45. The molecule has 4 nitrogen and oxygen atoms in total. The van der Waals surface area contributed by atoms with Gasteiger partial charge in [0.1, 0.15) is 12.4 Å². The number of nitrogens with zero attached hydrogens (tertiary/aromatic N) is 1. The molecular formula is C21H16N2O2. The number of hydrogen-bond donors (Lipinski definition) is 1. The van der Waals surface area contributed by atoms with Gasteiger partial charge in [-0.25, -0.2) is 0 Å². The predicted octanol–water partition coefficient (Wildman–Crippen LogP) is 4.39. The maximum atomic E-state index is 12.3. The highest BCUT2D eigenvalue weighted by Crippen LogP contribution is 2.14. The molecule has 3 aromatic carbocycles. The van der Waals surface area contributed by atoms with Crippen molar-refractivity contribution < 1.29 is 9.53 Å². The number of rotatable bonds is 5. The summed E-state index contributed by atoms with van der Waals surface area (Å²) >= 11 is 0. The molecule has 0 saturated carbocycles. The fourth-order valence-corrected chi connectivity index (χ4v) is 2.31. The van der Waals surface area contributed by atoms with E-state index in [1.54, 1.807) is 36.4 Å². The molecule has 0 spiro atoms. The molecule has 0 atom stereocenters. The Labute approximate surface area is 146 Å². The fraction of sp³-hybridized carbons (Fsp3) is 0.0476. The molecule has 4 heteroatoms. The van der Waals surface area contributed by atoms with Crippen molar-refractivity contribution in [3.8, 4) is 11.8 Å². The van der Waals surface area contributed by atoms with Crippen LogP contribution in [0, 0.1) is 11.3 Å². The Morgan fingerprint density at radius 1 is 0.960 bits per heavy atom.